The van der Waals surface area contributed by atoms with E-state index in [9.17, 15) is 9.59 Å². The first-order chi connectivity index (χ1) is 10.7. The van der Waals surface area contributed by atoms with Gasteiger partial charge in [-0.2, -0.15) is 0 Å². The van der Waals surface area contributed by atoms with Gasteiger partial charge in [-0.1, -0.05) is 6.07 Å². The van der Waals surface area contributed by atoms with Crippen molar-refractivity contribution in [3.8, 4) is 0 Å². The number of pyridine rings is 1. The van der Waals surface area contributed by atoms with E-state index in [4.69, 9.17) is 0 Å². The molecule has 2 rings (SSSR count). The highest BCUT2D eigenvalue weighted by atomic mass is 32.2. The summed E-state index contributed by atoms with van der Waals surface area (Å²) in [4.78, 5) is 33.0. The first-order valence-corrected chi connectivity index (χ1v) is 8.11. The number of rotatable bonds is 6. The summed E-state index contributed by atoms with van der Waals surface area (Å²) in [5, 5.41) is 0. The van der Waals surface area contributed by atoms with E-state index in [0.717, 1.165) is 5.69 Å². The molecule has 1 aliphatic heterocycles. The first kappa shape index (κ1) is 16.5. The average molecular weight is 320 g/mol. The maximum Gasteiger partial charge on any atom is 0.251 e. The van der Waals surface area contributed by atoms with Gasteiger partial charge in [-0.3, -0.25) is 28.2 Å². The summed E-state index contributed by atoms with van der Waals surface area (Å²) in [6.45, 7) is 5.42. The summed E-state index contributed by atoms with van der Waals surface area (Å²) in [6, 6.07) is 5.72. The van der Waals surface area contributed by atoms with Crippen LogP contribution in [0.25, 0.3) is 0 Å². The van der Waals surface area contributed by atoms with E-state index in [0.29, 0.717) is 26.1 Å². The van der Waals surface area contributed by atoms with Crippen LogP contribution < -0.4 is 0 Å². The van der Waals surface area contributed by atoms with Gasteiger partial charge in [0.25, 0.3) is 11.8 Å². The summed E-state index contributed by atoms with van der Waals surface area (Å²) in [6.07, 6.45) is 3.91. The van der Waals surface area contributed by atoms with Crippen molar-refractivity contribution in [2.45, 2.75) is 20.3 Å². The fraction of sp³-hybridized carbons (Fsp3) is 0.467. The second-order valence-electron chi connectivity index (χ2n) is 4.75. The number of nitrogens with zero attached hydrogens (tertiary/aromatic N) is 4. The Bertz CT molecular complexity index is 528. The van der Waals surface area contributed by atoms with Gasteiger partial charge in [0, 0.05) is 44.2 Å². The molecule has 0 N–H and O–H groups in total. The molecule has 1 aromatic rings. The van der Waals surface area contributed by atoms with Crippen LogP contribution in [0, 0.1) is 5.92 Å². The van der Waals surface area contributed by atoms with Gasteiger partial charge in [0.15, 0.2) is 5.92 Å². The zero-order valence-electron chi connectivity index (χ0n) is 12.8. The Labute approximate surface area is 134 Å². The highest BCUT2D eigenvalue weighted by Crippen LogP contribution is 2.26. The van der Waals surface area contributed by atoms with E-state index in [1.165, 1.54) is 18.3 Å². The van der Waals surface area contributed by atoms with Crippen LogP contribution in [-0.4, -0.2) is 51.3 Å². The number of hydrogen-bond acceptors (Lipinski definition) is 5. The predicted molar refractivity (Wildman–Crippen MR) is 87.2 cm³/mol. The summed E-state index contributed by atoms with van der Waals surface area (Å²) in [5.74, 6) is -1.18. The molecule has 1 aliphatic rings. The second kappa shape index (κ2) is 7.93. The van der Waals surface area contributed by atoms with Crippen LogP contribution in [0.1, 0.15) is 19.5 Å². The predicted octanol–water partition coefficient (Wildman–Crippen LogP) is 1.58. The monoisotopic (exact) mass is 320 g/mol. The third-order valence-electron chi connectivity index (χ3n) is 3.27. The van der Waals surface area contributed by atoms with Crippen molar-refractivity contribution in [1.29, 1.82) is 0 Å². The van der Waals surface area contributed by atoms with Gasteiger partial charge in [0.05, 0.1) is 12.1 Å². The Morgan fingerprint density at radius 1 is 1.23 bits per heavy atom. The van der Waals surface area contributed by atoms with Crippen molar-refractivity contribution in [3.05, 3.63) is 30.1 Å². The third kappa shape index (κ3) is 3.85. The molecule has 1 aromatic heterocycles. The van der Waals surface area contributed by atoms with Gasteiger partial charge >= 0.3 is 0 Å². The van der Waals surface area contributed by atoms with Crippen LogP contribution in [0.2, 0.25) is 0 Å². The molecule has 0 radical (unpaired) electrons. The number of carbonyl (C=O) groups excluding carboxylic acids is 2. The molecule has 2 amide bonds. The quantitative estimate of drug-likeness (QED) is 0.453. The minimum atomic E-state index is -0.801. The highest BCUT2D eigenvalue weighted by molar-refractivity contribution is 7.95. The Balaban J connectivity index is 1.97. The number of aliphatic imine (C=N–C) groups is 1. The minimum Gasteiger partial charge on any atom is -0.296 e. The van der Waals surface area contributed by atoms with E-state index < -0.39 is 5.92 Å². The van der Waals surface area contributed by atoms with Gasteiger partial charge in [-0.05, 0) is 26.0 Å². The molecule has 7 heteroatoms. The van der Waals surface area contributed by atoms with Crippen LogP contribution in [0.15, 0.2) is 29.4 Å². The summed E-state index contributed by atoms with van der Waals surface area (Å²) < 4.78 is 3.20. The topological polar surface area (TPSA) is 65.9 Å². The zero-order valence-corrected chi connectivity index (χ0v) is 13.6. The van der Waals surface area contributed by atoms with Crippen LogP contribution >= 0.6 is 12.1 Å². The van der Waals surface area contributed by atoms with Crippen LogP contribution in [0.3, 0.4) is 0 Å². The van der Waals surface area contributed by atoms with E-state index in [-0.39, 0.29) is 11.8 Å². The van der Waals surface area contributed by atoms with Gasteiger partial charge < -0.3 is 0 Å². The highest BCUT2D eigenvalue weighted by Gasteiger charge is 2.38. The molecule has 0 atom stereocenters. The lowest BCUT2D eigenvalue weighted by atomic mass is 10.1. The Morgan fingerprint density at radius 2 is 1.91 bits per heavy atom. The van der Waals surface area contributed by atoms with Gasteiger partial charge in [0.2, 0.25) is 0 Å². The summed E-state index contributed by atoms with van der Waals surface area (Å²) in [5.41, 5.74) is 0.946. The molecule has 0 aliphatic carbocycles. The number of aromatic nitrogens is 1. The number of hydrogen-bond donors (Lipinski definition) is 0. The second-order valence-corrected chi connectivity index (χ2v) is 5.80. The molecule has 0 aromatic carbocycles. The van der Waals surface area contributed by atoms with E-state index in [1.54, 1.807) is 14.8 Å². The van der Waals surface area contributed by atoms with E-state index in [1.807, 2.05) is 32.0 Å². The molecule has 1 saturated heterocycles. The van der Waals surface area contributed by atoms with Crippen molar-refractivity contribution in [3.63, 3.8) is 0 Å². The van der Waals surface area contributed by atoms with Crippen LogP contribution in [-0.2, 0) is 16.0 Å². The molecule has 2 heterocycles. The third-order valence-corrected chi connectivity index (χ3v) is 4.54. The van der Waals surface area contributed by atoms with Gasteiger partial charge in [0.1, 0.15) is 0 Å². The fourth-order valence-corrected chi connectivity index (χ4v) is 2.93. The Hall–Kier alpha value is -1.89. The number of amides is 2. The van der Waals surface area contributed by atoms with Crippen molar-refractivity contribution in [2.24, 2.45) is 10.9 Å². The number of carbonyl (C=O) groups is 2. The molecule has 0 bridgehead atoms. The maximum absolute atomic E-state index is 12.2. The van der Waals surface area contributed by atoms with Crippen LogP contribution in [0.4, 0.5) is 0 Å². The normalized spacial score (nSPS) is 16.8. The molecular weight excluding hydrogens is 300 g/mol. The Morgan fingerprint density at radius 3 is 2.45 bits per heavy atom. The molecule has 0 saturated carbocycles. The van der Waals surface area contributed by atoms with Crippen LogP contribution in [0.5, 0.6) is 0 Å². The molecule has 0 unspecified atom stereocenters. The lowest BCUT2D eigenvalue weighted by Gasteiger charge is -2.34. The van der Waals surface area contributed by atoms with Gasteiger partial charge in [-0.15, -0.1) is 0 Å². The van der Waals surface area contributed by atoms with Crippen molar-refractivity contribution in [1.82, 2.24) is 13.6 Å². The molecule has 0 spiro atoms. The largest absolute Gasteiger partial charge is 0.296 e. The van der Waals surface area contributed by atoms with Crippen molar-refractivity contribution < 1.29 is 9.59 Å². The average Bonchev–Trinajstić information content (AvgIpc) is 2.55. The van der Waals surface area contributed by atoms with Crippen molar-refractivity contribution in [2.75, 3.05) is 19.6 Å². The summed E-state index contributed by atoms with van der Waals surface area (Å²) >= 11 is 1.18. The smallest absolute Gasteiger partial charge is 0.251 e. The first-order valence-electron chi connectivity index (χ1n) is 7.38. The summed E-state index contributed by atoms with van der Waals surface area (Å²) in [7, 11) is 0. The van der Waals surface area contributed by atoms with Crippen molar-refractivity contribution >= 4 is 30.2 Å². The molecule has 118 valence electrons. The molecular formula is C15H20N4O2S. The van der Waals surface area contributed by atoms with E-state index >= 15 is 0 Å². The maximum atomic E-state index is 12.2. The Kier molecular flexibility index (Phi) is 5.94. The minimum absolute atomic E-state index is 0.191. The SMILES string of the molecule is CCN1SN(CC)C(=O)C(C=NCCc2ccccn2)C1=O. The molecule has 22 heavy (non-hydrogen) atoms. The molecule has 6 nitrogen and oxygen atoms in total. The standard InChI is InChI=1S/C15H20N4O2S/c1-3-18-14(20)13(15(21)19(4-2)22-18)11-16-10-8-12-7-5-6-9-17-12/h5-7,9,11,13H,3-4,8,10H2,1-2H3. The lowest BCUT2D eigenvalue weighted by molar-refractivity contribution is -0.140. The lowest BCUT2D eigenvalue weighted by Crippen LogP contribution is -2.49. The molecule has 1 fully saturated rings. The zero-order chi connectivity index (χ0) is 15.9. The fourth-order valence-electron chi connectivity index (χ4n) is 2.08. The van der Waals surface area contributed by atoms with E-state index in [2.05, 4.69) is 9.98 Å². The van der Waals surface area contributed by atoms with Gasteiger partial charge in [-0.25, -0.2) is 0 Å².